The van der Waals surface area contributed by atoms with Crippen LogP contribution in [0.3, 0.4) is 0 Å². The average molecular weight is 432 g/mol. The number of para-hydroxylation sites is 1. The molecule has 1 saturated heterocycles. The molecule has 5 rings (SSSR count). The van der Waals surface area contributed by atoms with Gasteiger partial charge in [-0.1, -0.05) is 32.9 Å². The zero-order valence-electron chi connectivity index (χ0n) is 19.1. The number of anilines is 2. The molecular formula is C24H29N7O. The van der Waals surface area contributed by atoms with Crippen LogP contribution in [0.25, 0.3) is 16.6 Å². The van der Waals surface area contributed by atoms with Gasteiger partial charge < -0.3 is 9.80 Å². The number of hydrogen-bond donors (Lipinski definition) is 0. The highest BCUT2D eigenvalue weighted by Gasteiger charge is 2.22. The molecule has 8 nitrogen and oxygen atoms in total. The number of fused-ring (bicyclic) bond motifs is 2. The fourth-order valence-electron chi connectivity index (χ4n) is 4.24. The summed E-state index contributed by atoms with van der Waals surface area (Å²) >= 11 is 0. The van der Waals surface area contributed by atoms with Crippen LogP contribution in [0.4, 0.5) is 11.8 Å². The zero-order valence-corrected chi connectivity index (χ0v) is 19.1. The van der Waals surface area contributed by atoms with E-state index in [9.17, 15) is 4.79 Å². The van der Waals surface area contributed by atoms with Gasteiger partial charge in [0.2, 0.25) is 5.95 Å². The Hall–Kier alpha value is -3.42. The van der Waals surface area contributed by atoms with Gasteiger partial charge in [-0.25, -0.2) is 14.5 Å². The first-order chi connectivity index (χ1) is 15.3. The molecule has 32 heavy (non-hydrogen) atoms. The lowest BCUT2D eigenvalue weighted by Crippen LogP contribution is -2.35. The van der Waals surface area contributed by atoms with Gasteiger partial charge in [-0.2, -0.15) is 0 Å². The second-order valence-electron chi connectivity index (χ2n) is 9.49. The lowest BCUT2D eigenvalue weighted by molar-refractivity contribution is 0.572. The van der Waals surface area contributed by atoms with Crippen molar-refractivity contribution < 1.29 is 0 Å². The smallest absolute Gasteiger partial charge is 0.262 e. The fourth-order valence-corrected chi connectivity index (χ4v) is 4.24. The molecule has 0 aliphatic carbocycles. The number of rotatable bonds is 2. The Labute approximate surface area is 187 Å². The molecule has 1 aliphatic rings. The molecule has 1 aromatic carbocycles. The van der Waals surface area contributed by atoms with Gasteiger partial charge in [-0.3, -0.25) is 9.36 Å². The van der Waals surface area contributed by atoms with Crippen molar-refractivity contribution in [1.82, 2.24) is 24.1 Å². The van der Waals surface area contributed by atoms with E-state index in [1.165, 1.54) is 0 Å². The van der Waals surface area contributed by atoms with Crippen molar-refractivity contribution in [3.05, 3.63) is 58.6 Å². The number of nitrogens with zero attached hydrogens (tertiary/aromatic N) is 7. The van der Waals surface area contributed by atoms with Crippen LogP contribution in [0.2, 0.25) is 0 Å². The molecule has 0 saturated carbocycles. The van der Waals surface area contributed by atoms with Crippen molar-refractivity contribution in [2.75, 3.05) is 36.0 Å². The summed E-state index contributed by atoms with van der Waals surface area (Å²) < 4.78 is 3.55. The number of imidazole rings is 1. The van der Waals surface area contributed by atoms with Crippen molar-refractivity contribution in [3.63, 3.8) is 0 Å². The Morgan fingerprint density at radius 1 is 0.906 bits per heavy atom. The van der Waals surface area contributed by atoms with Gasteiger partial charge in [-0.15, -0.1) is 5.10 Å². The van der Waals surface area contributed by atoms with Gasteiger partial charge in [0.25, 0.3) is 5.56 Å². The van der Waals surface area contributed by atoms with E-state index in [2.05, 4.69) is 36.6 Å². The quantitative estimate of drug-likeness (QED) is 0.486. The topological polar surface area (TPSA) is 71.6 Å². The van der Waals surface area contributed by atoms with E-state index in [-0.39, 0.29) is 11.0 Å². The summed E-state index contributed by atoms with van der Waals surface area (Å²) in [5.41, 5.74) is 2.62. The molecule has 0 unspecified atom stereocenters. The standard InChI is InChI=1S/C24H29N7O/c1-24(2,3)19-16-31-20(26-19)10-11-21(27-31)29-12-7-13-30(15-14-29)23-25-18-9-6-5-8-17(18)22(32)28(23)4/h5-6,8-11,16H,7,12-15H2,1-4H3. The Morgan fingerprint density at radius 3 is 2.47 bits per heavy atom. The molecule has 1 fully saturated rings. The molecule has 0 N–H and O–H groups in total. The van der Waals surface area contributed by atoms with Crippen LogP contribution in [-0.2, 0) is 12.5 Å². The van der Waals surface area contributed by atoms with Crippen molar-refractivity contribution in [2.45, 2.75) is 32.6 Å². The average Bonchev–Trinajstić information content (AvgIpc) is 3.07. The third-order valence-electron chi connectivity index (χ3n) is 6.14. The Balaban J connectivity index is 1.40. The second-order valence-corrected chi connectivity index (χ2v) is 9.49. The number of hydrogen-bond acceptors (Lipinski definition) is 6. The first kappa shape index (κ1) is 20.5. The summed E-state index contributed by atoms with van der Waals surface area (Å²) in [6.45, 7) is 9.80. The van der Waals surface area contributed by atoms with Crippen LogP contribution in [-0.4, -0.2) is 50.3 Å². The van der Waals surface area contributed by atoms with Crippen molar-refractivity contribution in [3.8, 4) is 0 Å². The molecule has 0 amide bonds. The van der Waals surface area contributed by atoms with Crippen molar-refractivity contribution in [2.24, 2.45) is 7.05 Å². The van der Waals surface area contributed by atoms with Gasteiger partial charge >= 0.3 is 0 Å². The molecule has 0 atom stereocenters. The first-order valence-corrected chi connectivity index (χ1v) is 11.1. The summed E-state index contributed by atoms with van der Waals surface area (Å²) in [7, 11) is 1.81. The van der Waals surface area contributed by atoms with E-state index in [1.54, 1.807) is 11.6 Å². The van der Waals surface area contributed by atoms with Gasteiger partial charge in [0.1, 0.15) is 5.82 Å². The molecule has 166 valence electrons. The Bertz CT molecular complexity index is 1350. The van der Waals surface area contributed by atoms with Crippen LogP contribution >= 0.6 is 0 Å². The number of aromatic nitrogens is 5. The normalized spacial score (nSPS) is 15.5. The van der Waals surface area contributed by atoms with Crippen LogP contribution in [0.15, 0.2) is 47.4 Å². The van der Waals surface area contributed by atoms with Gasteiger partial charge in [-0.05, 0) is 30.7 Å². The largest absolute Gasteiger partial charge is 0.353 e. The maximum absolute atomic E-state index is 12.8. The minimum Gasteiger partial charge on any atom is -0.353 e. The third kappa shape index (κ3) is 3.59. The van der Waals surface area contributed by atoms with Gasteiger partial charge in [0, 0.05) is 38.6 Å². The first-order valence-electron chi connectivity index (χ1n) is 11.1. The van der Waals surface area contributed by atoms with Gasteiger partial charge in [0.15, 0.2) is 5.65 Å². The maximum Gasteiger partial charge on any atom is 0.262 e. The summed E-state index contributed by atoms with van der Waals surface area (Å²) in [6.07, 6.45) is 2.98. The monoisotopic (exact) mass is 431 g/mol. The van der Waals surface area contributed by atoms with Crippen molar-refractivity contribution >= 4 is 28.3 Å². The molecule has 1 aliphatic heterocycles. The lowest BCUT2D eigenvalue weighted by atomic mass is 9.93. The Morgan fingerprint density at radius 2 is 1.66 bits per heavy atom. The zero-order chi connectivity index (χ0) is 22.5. The molecule has 0 radical (unpaired) electrons. The minimum absolute atomic E-state index is 0.00594. The highest BCUT2D eigenvalue weighted by molar-refractivity contribution is 5.78. The summed E-state index contributed by atoms with van der Waals surface area (Å²) in [6, 6.07) is 11.6. The van der Waals surface area contributed by atoms with Crippen LogP contribution in [0, 0.1) is 0 Å². The van der Waals surface area contributed by atoms with E-state index in [4.69, 9.17) is 15.1 Å². The molecule has 3 aromatic heterocycles. The predicted molar refractivity (Wildman–Crippen MR) is 128 cm³/mol. The van der Waals surface area contributed by atoms with E-state index in [0.29, 0.717) is 5.39 Å². The van der Waals surface area contributed by atoms with Gasteiger partial charge in [0.05, 0.1) is 22.8 Å². The minimum atomic E-state index is -0.0141. The fraction of sp³-hybridized carbons (Fsp3) is 0.417. The summed E-state index contributed by atoms with van der Waals surface area (Å²) in [5, 5.41) is 5.49. The molecule has 0 spiro atoms. The van der Waals surface area contributed by atoms with Crippen LogP contribution in [0.1, 0.15) is 32.9 Å². The van der Waals surface area contributed by atoms with Crippen molar-refractivity contribution in [1.29, 1.82) is 0 Å². The number of benzene rings is 1. The summed E-state index contributed by atoms with van der Waals surface area (Å²) in [4.78, 5) is 26.9. The molecule has 0 bridgehead atoms. The lowest BCUT2D eigenvalue weighted by Gasteiger charge is -2.24. The highest BCUT2D eigenvalue weighted by Crippen LogP contribution is 2.23. The Kier molecular flexibility index (Phi) is 4.87. The summed E-state index contributed by atoms with van der Waals surface area (Å²) in [5.74, 6) is 1.67. The molecular weight excluding hydrogens is 402 g/mol. The van der Waals surface area contributed by atoms with E-state index in [1.807, 2.05) is 41.0 Å². The molecule has 8 heteroatoms. The predicted octanol–water partition coefficient (Wildman–Crippen LogP) is 2.99. The van der Waals surface area contributed by atoms with E-state index < -0.39 is 0 Å². The van der Waals surface area contributed by atoms with Crippen LogP contribution < -0.4 is 15.4 Å². The molecule has 4 aromatic rings. The van der Waals surface area contributed by atoms with E-state index in [0.717, 1.165) is 61.2 Å². The van der Waals surface area contributed by atoms with Crippen LogP contribution in [0.5, 0.6) is 0 Å². The SMILES string of the molecule is Cn1c(N2CCCN(c3ccc4nc(C(C)(C)C)cn4n3)CC2)nc2ccccc2c1=O. The third-order valence-corrected chi connectivity index (χ3v) is 6.14. The highest BCUT2D eigenvalue weighted by atomic mass is 16.1. The molecule has 4 heterocycles. The second kappa shape index (κ2) is 7.62. The van der Waals surface area contributed by atoms with E-state index >= 15 is 0 Å². The maximum atomic E-state index is 12.8.